The van der Waals surface area contributed by atoms with Crippen LogP contribution in [0, 0.1) is 0 Å². The first kappa shape index (κ1) is 22.8. The van der Waals surface area contributed by atoms with E-state index in [1.54, 1.807) is 12.1 Å². The van der Waals surface area contributed by atoms with Crippen molar-refractivity contribution in [1.82, 2.24) is 4.90 Å². The first-order valence-electron chi connectivity index (χ1n) is 11.6. The molecule has 0 saturated carbocycles. The topological polar surface area (TPSA) is 72.9 Å². The van der Waals surface area contributed by atoms with E-state index in [1.807, 2.05) is 18.2 Å². The average molecular weight is 448 g/mol. The van der Waals surface area contributed by atoms with Crippen molar-refractivity contribution in [1.29, 1.82) is 0 Å². The Balaban J connectivity index is 1.46. The molecule has 33 heavy (non-hydrogen) atoms. The van der Waals surface area contributed by atoms with E-state index in [2.05, 4.69) is 18.7 Å². The molecule has 1 aliphatic heterocycles. The van der Waals surface area contributed by atoms with Crippen LogP contribution < -0.4 is 4.74 Å². The van der Waals surface area contributed by atoms with E-state index in [0.29, 0.717) is 35.5 Å². The maximum Gasteiger partial charge on any atom is 0.330 e. The van der Waals surface area contributed by atoms with Crippen molar-refractivity contribution < 1.29 is 23.9 Å². The molecule has 2 amide bonds. The summed E-state index contributed by atoms with van der Waals surface area (Å²) in [7, 11) is 0. The molecule has 2 aromatic rings. The molecule has 0 fully saturated rings. The van der Waals surface area contributed by atoms with Crippen molar-refractivity contribution in [3.05, 3.63) is 66.3 Å². The van der Waals surface area contributed by atoms with Gasteiger partial charge >= 0.3 is 5.97 Å². The van der Waals surface area contributed by atoms with Crippen LogP contribution in [0.5, 0.6) is 5.75 Å². The molecule has 0 bridgehead atoms. The van der Waals surface area contributed by atoms with Gasteiger partial charge in [-0.1, -0.05) is 30.9 Å². The van der Waals surface area contributed by atoms with E-state index >= 15 is 0 Å². The van der Waals surface area contributed by atoms with Crippen molar-refractivity contribution in [3.8, 4) is 5.75 Å². The summed E-state index contributed by atoms with van der Waals surface area (Å²) in [6, 6.07) is 9.09. The van der Waals surface area contributed by atoms with E-state index in [0.717, 1.165) is 56.4 Å². The zero-order valence-electron chi connectivity index (χ0n) is 18.8. The number of amides is 2. The molecule has 4 rings (SSSR count). The summed E-state index contributed by atoms with van der Waals surface area (Å²) in [4.78, 5) is 39.3. The summed E-state index contributed by atoms with van der Waals surface area (Å²) in [5.74, 6) is -0.165. The van der Waals surface area contributed by atoms with E-state index in [1.165, 1.54) is 4.90 Å². The Labute approximate surface area is 193 Å². The minimum atomic E-state index is -0.409. The fraction of sp³-hybridized carbons (Fsp3) is 0.370. The zero-order chi connectivity index (χ0) is 23.2. The van der Waals surface area contributed by atoms with Crippen LogP contribution in [-0.2, 0) is 9.53 Å². The number of rotatable bonds is 9. The predicted octanol–water partition coefficient (Wildman–Crippen LogP) is 5.21. The van der Waals surface area contributed by atoms with Crippen molar-refractivity contribution in [2.45, 2.75) is 51.0 Å². The zero-order valence-corrected chi connectivity index (χ0v) is 18.8. The lowest BCUT2D eigenvalue weighted by Gasteiger charge is -2.33. The Morgan fingerprint density at radius 3 is 2.39 bits per heavy atom. The van der Waals surface area contributed by atoms with Gasteiger partial charge < -0.3 is 9.47 Å². The molecule has 1 aliphatic carbocycles. The molecule has 6 nitrogen and oxygen atoms in total. The van der Waals surface area contributed by atoms with Gasteiger partial charge in [0.25, 0.3) is 11.8 Å². The van der Waals surface area contributed by atoms with Gasteiger partial charge in [0.15, 0.2) is 0 Å². The molecule has 1 heterocycles. The number of imide groups is 1. The molecule has 0 atom stereocenters. The SMILES string of the molecule is C=CC(=O)OCCCCCOc1ccc2c3c(cccc13)C(=O)N(C1CCC=CCC1)C2=O. The second-order valence-electron chi connectivity index (χ2n) is 8.38. The second-order valence-corrected chi connectivity index (χ2v) is 8.38. The van der Waals surface area contributed by atoms with Crippen molar-refractivity contribution in [2.24, 2.45) is 0 Å². The van der Waals surface area contributed by atoms with Crippen molar-refractivity contribution in [2.75, 3.05) is 13.2 Å². The van der Waals surface area contributed by atoms with E-state index < -0.39 is 5.97 Å². The molecule has 0 spiro atoms. The van der Waals surface area contributed by atoms with Crippen LogP contribution in [0.4, 0.5) is 0 Å². The number of carbonyl (C=O) groups is 3. The fourth-order valence-electron chi connectivity index (χ4n) is 4.56. The number of carbonyl (C=O) groups excluding carboxylic acids is 3. The number of allylic oxidation sites excluding steroid dienone is 2. The van der Waals surface area contributed by atoms with Gasteiger partial charge in [0.05, 0.1) is 13.2 Å². The number of nitrogens with zero attached hydrogens (tertiary/aromatic N) is 1. The van der Waals surface area contributed by atoms with Gasteiger partial charge in [-0.25, -0.2) is 4.79 Å². The Hall–Kier alpha value is -3.41. The fourth-order valence-corrected chi connectivity index (χ4v) is 4.56. The standard InChI is InChI=1S/C27H29NO5/c1-2-24(29)33-18-9-5-8-17-32-23-16-15-22-25-20(23)13-10-14-21(25)26(30)28(27(22)31)19-11-6-3-4-7-12-19/h2-4,10,13-16,19H,1,5-9,11-12,17-18H2. The summed E-state index contributed by atoms with van der Waals surface area (Å²) in [5, 5.41) is 1.47. The number of benzene rings is 2. The molecule has 0 N–H and O–H groups in total. The maximum atomic E-state index is 13.4. The average Bonchev–Trinajstić information content (AvgIpc) is 3.11. The van der Waals surface area contributed by atoms with Gasteiger partial charge in [-0.3, -0.25) is 14.5 Å². The highest BCUT2D eigenvalue weighted by Crippen LogP contribution is 2.37. The van der Waals surface area contributed by atoms with Crippen molar-refractivity contribution in [3.63, 3.8) is 0 Å². The largest absolute Gasteiger partial charge is 0.493 e. The molecule has 0 aromatic heterocycles. The third kappa shape index (κ3) is 4.85. The Bertz CT molecular complexity index is 1070. The van der Waals surface area contributed by atoms with Crippen LogP contribution in [0.15, 0.2) is 55.1 Å². The van der Waals surface area contributed by atoms with Gasteiger partial charge in [-0.05, 0) is 63.1 Å². The van der Waals surface area contributed by atoms with E-state index in [-0.39, 0.29) is 17.9 Å². The molecular formula is C27H29NO5. The van der Waals surface area contributed by atoms with Crippen LogP contribution in [0.3, 0.4) is 0 Å². The summed E-state index contributed by atoms with van der Waals surface area (Å²) in [6.45, 7) is 4.23. The van der Waals surface area contributed by atoms with Gasteiger partial charge in [0.2, 0.25) is 0 Å². The van der Waals surface area contributed by atoms with E-state index in [4.69, 9.17) is 9.47 Å². The molecular weight excluding hydrogens is 418 g/mol. The quantitative estimate of drug-likeness (QED) is 0.173. The third-order valence-corrected chi connectivity index (χ3v) is 6.22. The Morgan fingerprint density at radius 2 is 1.67 bits per heavy atom. The predicted molar refractivity (Wildman–Crippen MR) is 126 cm³/mol. The van der Waals surface area contributed by atoms with Crippen LogP contribution in [0.2, 0.25) is 0 Å². The molecule has 2 aromatic carbocycles. The maximum absolute atomic E-state index is 13.4. The van der Waals surface area contributed by atoms with Crippen LogP contribution in [0.25, 0.3) is 10.8 Å². The molecule has 2 aliphatic rings. The van der Waals surface area contributed by atoms with Gasteiger partial charge in [-0.2, -0.15) is 0 Å². The van der Waals surface area contributed by atoms with Crippen molar-refractivity contribution >= 4 is 28.6 Å². The highest BCUT2D eigenvalue weighted by molar-refractivity contribution is 6.26. The van der Waals surface area contributed by atoms with Crippen LogP contribution >= 0.6 is 0 Å². The Morgan fingerprint density at radius 1 is 0.970 bits per heavy atom. The number of unbranched alkanes of at least 4 members (excludes halogenated alkanes) is 2. The highest BCUT2D eigenvalue weighted by Gasteiger charge is 2.37. The van der Waals surface area contributed by atoms with Gasteiger partial charge in [0, 0.05) is 34.0 Å². The number of hydrogen-bond donors (Lipinski definition) is 0. The van der Waals surface area contributed by atoms with Crippen LogP contribution in [-0.4, -0.2) is 41.9 Å². The monoisotopic (exact) mass is 447 g/mol. The normalized spacial score (nSPS) is 16.1. The minimum Gasteiger partial charge on any atom is -0.493 e. The highest BCUT2D eigenvalue weighted by atomic mass is 16.5. The van der Waals surface area contributed by atoms with Crippen LogP contribution in [0.1, 0.15) is 65.7 Å². The van der Waals surface area contributed by atoms with E-state index in [9.17, 15) is 14.4 Å². The van der Waals surface area contributed by atoms with Gasteiger partial charge in [-0.15, -0.1) is 0 Å². The lowest BCUT2D eigenvalue weighted by atomic mass is 9.91. The first-order valence-corrected chi connectivity index (χ1v) is 11.6. The summed E-state index contributed by atoms with van der Waals surface area (Å²) < 4.78 is 11.0. The Kier molecular flexibility index (Phi) is 7.23. The summed E-state index contributed by atoms with van der Waals surface area (Å²) in [6.07, 6.45) is 11.2. The lowest BCUT2D eigenvalue weighted by Crippen LogP contribution is -2.47. The minimum absolute atomic E-state index is 0.0786. The smallest absolute Gasteiger partial charge is 0.330 e. The molecule has 172 valence electrons. The summed E-state index contributed by atoms with van der Waals surface area (Å²) in [5.41, 5.74) is 1.13. The second kappa shape index (κ2) is 10.5. The first-order chi connectivity index (χ1) is 16.1. The number of esters is 1. The molecule has 0 radical (unpaired) electrons. The number of hydrogen-bond acceptors (Lipinski definition) is 5. The molecule has 6 heteroatoms. The lowest BCUT2D eigenvalue weighted by molar-refractivity contribution is -0.137. The molecule has 0 saturated heterocycles. The summed E-state index contributed by atoms with van der Waals surface area (Å²) >= 11 is 0. The number of ether oxygens (including phenoxy) is 2. The third-order valence-electron chi connectivity index (χ3n) is 6.22. The molecule has 0 unspecified atom stereocenters. The van der Waals surface area contributed by atoms with Gasteiger partial charge in [0.1, 0.15) is 5.75 Å².